The molecule has 0 radical (unpaired) electrons. The molecule has 106 valence electrons. The fourth-order valence-electron chi connectivity index (χ4n) is 2.13. The first kappa shape index (κ1) is 13.5. The SMILES string of the molecule is O=C(O)CCn1c(-c2ccncc2)nc2cc(Cl)cnc21. The van der Waals surface area contributed by atoms with E-state index in [0.29, 0.717) is 22.0 Å². The highest BCUT2D eigenvalue weighted by molar-refractivity contribution is 6.31. The van der Waals surface area contributed by atoms with E-state index in [2.05, 4.69) is 15.0 Å². The summed E-state index contributed by atoms with van der Waals surface area (Å²) >= 11 is 5.94. The largest absolute Gasteiger partial charge is 0.481 e. The van der Waals surface area contributed by atoms with Crippen LogP contribution in [0.5, 0.6) is 0 Å². The smallest absolute Gasteiger partial charge is 0.305 e. The molecular formula is C14H11ClN4O2. The van der Waals surface area contributed by atoms with Gasteiger partial charge < -0.3 is 9.67 Å². The molecule has 0 atom stereocenters. The van der Waals surface area contributed by atoms with Gasteiger partial charge in [-0.3, -0.25) is 9.78 Å². The van der Waals surface area contributed by atoms with Crippen molar-refractivity contribution in [1.29, 1.82) is 0 Å². The van der Waals surface area contributed by atoms with Crippen molar-refractivity contribution in [1.82, 2.24) is 19.5 Å². The zero-order valence-corrected chi connectivity index (χ0v) is 11.7. The predicted molar refractivity (Wildman–Crippen MR) is 78.0 cm³/mol. The monoisotopic (exact) mass is 302 g/mol. The molecule has 3 heterocycles. The maximum Gasteiger partial charge on any atom is 0.305 e. The van der Waals surface area contributed by atoms with E-state index in [-0.39, 0.29) is 13.0 Å². The molecule has 0 aliphatic heterocycles. The number of aromatic nitrogens is 4. The van der Waals surface area contributed by atoms with Gasteiger partial charge in [-0.2, -0.15) is 0 Å². The van der Waals surface area contributed by atoms with E-state index >= 15 is 0 Å². The molecule has 3 aromatic heterocycles. The first-order chi connectivity index (χ1) is 10.1. The molecule has 0 aromatic carbocycles. The van der Waals surface area contributed by atoms with E-state index in [4.69, 9.17) is 16.7 Å². The van der Waals surface area contributed by atoms with E-state index in [0.717, 1.165) is 5.56 Å². The molecule has 1 N–H and O–H groups in total. The second-order valence-electron chi connectivity index (χ2n) is 4.46. The highest BCUT2D eigenvalue weighted by Crippen LogP contribution is 2.25. The van der Waals surface area contributed by atoms with E-state index in [1.54, 1.807) is 23.0 Å². The van der Waals surface area contributed by atoms with Crippen LogP contribution in [0.25, 0.3) is 22.6 Å². The molecule has 0 spiro atoms. The number of carboxylic acid groups (broad SMARTS) is 1. The molecule has 0 saturated heterocycles. The van der Waals surface area contributed by atoms with Crippen LogP contribution in [0.15, 0.2) is 36.8 Å². The molecule has 0 fully saturated rings. The van der Waals surface area contributed by atoms with Crippen molar-refractivity contribution < 1.29 is 9.90 Å². The van der Waals surface area contributed by atoms with Gasteiger partial charge in [0.05, 0.1) is 11.4 Å². The van der Waals surface area contributed by atoms with Crippen LogP contribution in [-0.2, 0) is 11.3 Å². The zero-order chi connectivity index (χ0) is 14.8. The standard InChI is InChI=1S/C14H11ClN4O2/c15-10-7-11-14(17-8-10)19(6-3-12(20)21)13(18-11)9-1-4-16-5-2-9/h1-2,4-5,7-8H,3,6H2,(H,20,21). The van der Waals surface area contributed by atoms with Gasteiger partial charge in [0.1, 0.15) is 11.3 Å². The Kier molecular flexibility index (Phi) is 3.53. The van der Waals surface area contributed by atoms with Gasteiger partial charge in [0, 0.05) is 30.7 Å². The number of hydrogen-bond donors (Lipinski definition) is 1. The molecule has 0 aliphatic rings. The summed E-state index contributed by atoms with van der Waals surface area (Å²) in [7, 11) is 0. The normalized spacial score (nSPS) is 10.9. The lowest BCUT2D eigenvalue weighted by molar-refractivity contribution is -0.137. The Hall–Kier alpha value is -2.47. The first-order valence-electron chi connectivity index (χ1n) is 6.29. The van der Waals surface area contributed by atoms with Gasteiger partial charge in [-0.25, -0.2) is 9.97 Å². The van der Waals surface area contributed by atoms with Gasteiger partial charge >= 0.3 is 5.97 Å². The molecule has 0 unspecified atom stereocenters. The maximum atomic E-state index is 10.8. The highest BCUT2D eigenvalue weighted by Gasteiger charge is 2.14. The first-order valence-corrected chi connectivity index (χ1v) is 6.67. The number of imidazole rings is 1. The van der Waals surface area contributed by atoms with Crippen molar-refractivity contribution in [3.05, 3.63) is 41.8 Å². The molecule has 6 nitrogen and oxygen atoms in total. The number of rotatable bonds is 4. The van der Waals surface area contributed by atoms with Gasteiger partial charge in [0.25, 0.3) is 0 Å². The van der Waals surface area contributed by atoms with Gasteiger partial charge in [-0.15, -0.1) is 0 Å². The summed E-state index contributed by atoms with van der Waals surface area (Å²) in [6.07, 6.45) is 4.85. The number of halogens is 1. The summed E-state index contributed by atoms with van der Waals surface area (Å²) in [6, 6.07) is 5.35. The van der Waals surface area contributed by atoms with Crippen molar-refractivity contribution in [2.45, 2.75) is 13.0 Å². The predicted octanol–water partition coefficient (Wildman–Crippen LogP) is 2.62. The third kappa shape index (κ3) is 2.71. The lowest BCUT2D eigenvalue weighted by Gasteiger charge is -2.06. The lowest BCUT2D eigenvalue weighted by atomic mass is 10.2. The Balaban J connectivity index is 2.17. The summed E-state index contributed by atoms with van der Waals surface area (Å²) in [6.45, 7) is 0.290. The Morgan fingerprint density at radius 2 is 2.10 bits per heavy atom. The topological polar surface area (TPSA) is 80.9 Å². The van der Waals surface area contributed by atoms with Gasteiger partial charge in [0.2, 0.25) is 0 Å². The number of pyridine rings is 2. The second kappa shape index (κ2) is 5.49. The fourth-order valence-corrected chi connectivity index (χ4v) is 2.28. The summed E-state index contributed by atoms with van der Waals surface area (Å²) in [4.78, 5) is 23.6. The molecule has 0 saturated carbocycles. The van der Waals surface area contributed by atoms with Crippen LogP contribution >= 0.6 is 11.6 Å². The van der Waals surface area contributed by atoms with E-state index in [1.807, 2.05) is 12.1 Å². The molecular weight excluding hydrogens is 292 g/mol. The molecule has 3 aromatic rings. The summed E-state index contributed by atoms with van der Waals surface area (Å²) in [5.41, 5.74) is 2.11. The number of carboxylic acids is 1. The number of carbonyl (C=O) groups is 1. The van der Waals surface area contributed by atoms with Crippen LogP contribution in [0, 0.1) is 0 Å². The van der Waals surface area contributed by atoms with Crippen LogP contribution < -0.4 is 0 Å². The minimum atomic E-state index is -0.869. The van der Waals surface area contributed by atoms with Gasteiger partial charge in [0.15, 0.2) is 5.65 Å². The minimum Gasteiger partial charge on any atom is -0.481 e. The average molecular weight is 303 g/mol. The Labute approximate surface area is 125 Å². The van der Waals surface area contributed by atoms with Crippen molar-refractivity contribution >= 4 is 28.7 Å². The average Bonchev–Trinajstić information content (AvgIpc) is 2.83. The number of nitrogens with zero attached hydrogens (tertiary/aromatic N) is 4. The number of hydrogen-bond acceptors (Lipinski definition) is 4. The Morgan fingerprint density at radius 1 is 1.33 bits per heavy atom. The summed E-state index contributed by atoms with van der Waals surface area (Å²) in [5, 5.41) is 9.40. The van der Waals surface area contributed by atoms with Crippen molar-refractivity contribution in [2.75, 3.05) is 0 Å². The molecule has 7 heteroatoms. The van der Waals surface area contributed by atoms with Crippen LogP contribution in [0.1, 0.15) is 6.42 Å². The Morgan fingerprint density at radius 3 is 2.81 bits per heavy atom. The van der Waals surface area contributed by atoms with Crippen LogP contribution in [0.3, 0.4) is 0 Å². The third-order valence-electron chi connectivity index (χ3n) is 3.04. The van der Waals surface area contributed by atoms with Crippen molar-refractivity contribution in [3.63, 3.8) is 0 Å². The van der Waals surface area contributed by atoms with E-state index < -0.39 is 5.97 Å². The Bertz CT molecular complexity index is 801. The number of fused-ring (bicyclic) bond motifs is 1. The fraction of sp³-hybridized carbons (Fsp3) is 0.143. The van der Waals surface area contributed by atoms with Crippen molar-refractivity contribution in [3.8, 4) is 11.4 Å². The van der Waals surface area contributed by atoms with Crippen LogP contribution in [0.2, 0.25) is 5.02 Å². The minimum absolute atomic E-state index is 0.00610. The van der Waals surface area contributed by atoms with Gasteiger partial charge in [-0.1, -0.05) is 11.6 Å². The molecule has 21 heavy (non-hydrogen) atoms. The third-order valence-corrected chi connectivity index (χ3v) is 3.25. The maximum absolute atomic E-state index is 10.8. The van der Waals surface area contributed by atoms with Crippen LogP contribution in [0.4, 0.5) is 0 Å². The van der Waals surface area contributed by atoms with Gasteiger partial charge in [-0.05, 0) is 18.2 Å². The quantitative estimate of drug-likeness (QED) is 0.801. The lowest BCUT2D eigenvalue weighted by Crippen LogP contribution is -2.06. The van der Waals surface area contributed by atoms with E-state index in [1.165, 1.54) is 6.20 Å². The molecule has 3 rings (SSSR count). The number of aryl methyl sites for hydroxylation is 1. The van der Waals surface area contributed by atoms with Crippen molar-refractivity contribution in [2.24, 2.45) is 0 Å². The summed E-state index contributed by atoms with van der Waals surface area (Å²) in [5.74, 6) is -0.213. The summed E-state index contributed by atoms with van der Waals surface area (Å²) < 4.78 is 1.79. The molecule has 0 amide bonds. The van der Waals surface area contributed by atoms with E-state index in [9.17, 15) is 4.79 Å². The highest BCUT2D eigenvalue weighted by atomic mass is 35.5. The molecule has 0 bridgehead atoms. The zero-order valence-electron chi connectivity index (χ0n) is 10.9. The second-order valence-corrected chi connectivity index (χ2v) is 4.90. The van der Waals surface area contributed by atoms with Crippen LogP contribution in [-0.4, -0.2) is 30.6 Å². The number of aliphatic carboxylic acids is 1. The molecule has 0 aliphatic carbocycles.